The van der Waals surface area contributed by atoms with E-state index in [1.165, 1.54) is 38.5 Å². The molecule has 5 aliphatic rings. The number of ether oxygens (including phenoxy) is 1. The number of hydrogen-bond donors (Lipinski definition) is 1. The molecule has 1 N–H and O–H groups in total. The van der Waals surface area contributed by atoms with Gasteiger partial charge in [-0.15, -0.1) is 0 Å². The van der Waals surface area contributed by atoms with Gasteiger partial charge in [-0.2, -0.15) is 0 Å². The zero-order chi connectivity index (χ0) is 20.9. The largest absolute Gasteiger partial charge is 0.494 e. The van der Waals surface area contributed by atoms with E-state index in [9.17, 15) is 9.59 Å². The van der Waals surface area contributed by atoms with E-state index in [-0.39, 0.29) is 23.8 Å². The molecule has 2 amide bonds. The molecule has 1 heterocycles. The number of nitrogens with zero attached hydrogens (tertiary/aromatic N) is 1. The third-order valence-electron chi connectivity index (χ3n) is 8.32. The lowest BCUT2D eigenvalue weighted by Gasteiger charge is -2.59. The maximum atomic E-state index is 13.1. The number of hydrogen-bond acceptors (Lipinski definition) is 3. The van der Waals surface area contributed by atoms with Gasteiger partial charge >= 0.3 is 0 Å². The van der Waals surface area contributed by atoms with Crippen LogP contribution in [0.3, 0.4) is 0 Å². The fraction of sp³-hybridized carbons (Fsp3) is 0.680. The molecular formula is C25H34N2O3. The molecule has 1 saturated heterocycles. The van der Waals surface area contributed by atoms with E-state index in [2.05, 4.69) is 12.2 Å². The molecule has 30 heavy (non-hydrogen) atoms. The number of nitrogens with one attached hydrogen (secondary N) is 1. The molecule has 0 aromatic heterocycles. The van der Waals surface area contributed by atoms with Gasteiger partial charge in [0, 0.05) is 24.7 Å². The second-order valence-electron chi connectivity index (χ2n) is 10.3. The summed E-state index contributed by atoms with van der Waals surface area (Å²) in [5.74, 6) is 3.24. The minimum atomic E-state index is -0.263. The van der Waals surface area contributed by atoms with Crippen LogP contribution in [0.5, 0.6) is 5.75 Å². The molecule has 5 heteroatoms. The number of rotatable bonds is 6. The van der Waals surface area contributed by atoms with Crippen molar-refractivity contribution in [3.05, 3.63) is 24.3 Å². The Kier molecular flexibility index (Phi) is 5.03. The van der Waals surface area contributed by atoms with Gasteiger partial charge in [-0.05, 0) is 99.8 Å². The van der Waals surface area contributed by atoms with Crippen molar-refractivity contribution >= 4 is 17.5 Å². The molecule has 1 aromatic carbocycles. The Morgan fingerprint density at radius 2 is 1.73 bits per heavy atom. The highest BCUT2D eigenvalue weighted by Gasteiger charge is 2.53. The van der Waals surface area contributed by atoms with Crippen molar-refractivity contribution in [1.82, 2.24) is 5.32 Å². The summed E-state index contributed by atoms with van der Waals surface area (Å²) in [7, 11) is 0. The van der Waals surface area contributed by atoms with E-state index in [1.54, 1.807) is 4.90 Å². The average Bonchev–Trinajstić information content (AvgIpc) is 3.09. The van der Waals surface area contributed by atoms with Gasteiger partial charge in [0.05, 0.1) is 12.5 Å². The van der Waals surface area contributed by atoms with Crippen LogP contribution >= 0.6 is 0 Å². The van der Waals surface area contributed by atoms with E-state index < -0.39 is 0 Å². The molecule has 4 bridgehead atoms. The van der Waals surface area contributed by atoms with Crippen LogP contribution in [-0.2, 0) is 9.59 Å². The van der Waals surface area contributed by atoms with E-state index in [0.717, 1.165) is 29.2 Å². The van der Waals surface area contributed by atoms with E-state index in [4.69, 9.17) is 4.74 Å². The van der Waals surface area contributed by atoms with E-state index >= 15 is 0 Å². The zero-order valence-corrected chi connectivity index (χ0v) is 18.2. The standard InChI is InChI=1S/C25H34N2O3/c1-3-30-22-6-4-21(5-7-22)27-15-20(11-23(27)28)24(29)26-16(2)25-12-17-8-18(13-25)10-19(9-17)14-25/h4-7,16-20H,3,8-15H2,1-2H3,(H,26,29). The lowest BCUT2D eigenvalue weighted by molar-refractivity contribution is -0.130. The fourth-order valence-electron chi connectivity index (χ4n) is 7.21. The number of carbonyl (C=O) groups is 2. The van der Waals surface area contributed by atoms with Crippen molar-refractivity contribution in [1.29, 1.82) is 0 Å². The minimum absolute atomic E-state index is 0.0294. The van der Waals surface area contributed by atoms with Gasteiger partial charge in [-0.3, -0.25) is 9.59 Å². The predicted octanol–water partition coefficient (Wildman–Crippen LogP) is 4.16. The molecule has 2 unspecified atom stereocenters. The first-order valence-electron chi connectivity index (χ1n) is 11.8. The summed E-state index contributed by atoms with van der Waals surface area (Å²) in [6, 6.07) is 7.78. The Hall–Kier alpha value is -2.04. The molecule has 5 nitrogen and oxygen atoms in total. The smallest absolute Gasteiger partial charge is 0.227 e. The molecule has 1 aromatic rings. The maximum Gasteiger partial charge on any atom is 0.227 e. The third-order valence-corrected chi connectivity index (χ3v) is 8.32. The van der Waals surface area contributed by atoms with Crippen molar-refractivity contribution in [3.63, 3.8) is 0 Å². The molecule has 4 saturated carbocycles. The summed E-state index contributed by atoms with van der Waals surface area (Å²) in [5.41, 5.74) is 1.13. The minimum Gasteiger partial charge on any atom is -0.494 e. The van der Waals surface area contributed by atoms with Gasteiger partial charge in [0.25, 0.3) is 0 Å². The number of benzene rings is 1. The van der Waals surface area contributed by atoms with E-state index in [0.29, 0.717) is 25.0 Å². The summed E-state index contributed by atoms with van der Waals surface area (Å²) in [6.07, 6.45) is 8.37. The predicted molar refractivity (Wildman–Crippen MR) is 116 cm³/mol. The van der Waals surface area contributed by atoms with Crippen LogP contribution < -0.4 is 15.0 Å². The summed E-state index contributed by atoms with van der Waals surface area (Å²) in [6.45, 7) is 5.25. The molecule has 5 fully saturated rings. The maximum absolute atomic E-state index is 13.1. The van der Waals surface area contributed by atoms with Crippen LogP contribution in [0.2, 0.25) is 0 Å². The number of carbonyl (C=O) groups excluding carboxylic acids is 2. The van der Waals surface area contributed by atoms with Gasteiger partial charge in [0.15, 0.2) is 0 Å². The van der Waals surface area contributed by atoms with Gasteiger partial charge in [-0.25, -0.2) is 0 Å². The van der Waals surface area contributed by atoms with Crippen molar-refractivity contribution in [2.24, 2.45) is 29.1 Å². The Labute approximate surface area is 179 Å². The summed E-state index contributed by atoms with van der Waals surface area (Å²) in [4.78, 5) is 27.5. The first-order valence-corrected chi connectivity index (χ1v) is 11.8. The second-order valence-corrected chi connectivity index (χ2v) is 10.3. The SMILES string of the molecule is CCOc1ccc(N2CC(C(=O)NC(C)C34CC5CC(CC(C5)C3)C4)CC2=O)cc1. The highest BCUT2D eigenvalue weighted by Crippen LogP contribution is 2.61. The van der Waals surface area contributed by atoms with Crippen LogP contribution in [0, 0.1) is 29.1 Å². The molecule has 0 radical (unpaired) electrons. The topological polar surface area (TPSA) is 58.6 Å². The highest BCUT2D eigenvalue weighted by atomic mass is 16.5. The lowest BCUT2D eigenvalue weighted by Crippen LogP contribution is -2.56. The van der Waals surface area contributed by atoms with Gasteiger partial charge in [0.2, 0.25) is 11.8 Å². The van der Waals surface area contributed by atoms with Gasteiger partial charge in [0.1, 0.15) is 5.75 Å². The van der Waals surface area contributed by atoms with Crippen molar-refractivity contribution in [2.75, 3.05) is 18.1 Å². The fourth-order valence-corrected chi connectivity index (χ4v) is 7.21. The van der Waals surface area contributed by atoms with E-state index in [1.807, 2.05) is 31.2 Å². The molecule has 162 valence electrons. The molecule has 1 aliphatic heterocycles. The molecule has 0 spiro atoms. The Bertz CT molecular complexity index is 783. The van der Waals surface area contributed by atoms with Crippen molar-refractivity contribution < 1.29 is 14.3 Å². The van der Waals surface area contributed by atoms with Crippen LogP contribution in [0.15, 0.2) is 24.3 Å². The highest BCUT2D eigenvalue weighted by molar-refractivity contribution is 6.00. The molecule has 6 rings (SSSR count). The van der Waals surface area contributed by atoms with Crippen LogP contribution in [0.25, 0.3) is 0 Å². The van der Waals surface area contributed by atoms with Gasteiger partial charge < -0.3 is 15.0 Å². The first-order chi connectivity index (χ1) is 14.5. The van der Waals surface area contributed by atoms with Crippen LogP contribution in [0.4, 0.5) is 5.69 Å². The summed E-state index contributed by atoms with van der Waals surface area (Å²) >= 11 is 0. The van der Waals surface area contributed by atoms with Crippen molar-refractivity contribution in [2.45, 2.75) is 64.8 Å². The number of anilines is 1. The summed E-state index contributed by atoms with van der Waals surface area (Å²) < 4.78 is 5.49. The quantitative estimate of drug-likeness (QED) is 0.766. The third kappa shape index (κ3) is 3.50. The second kappa shape index (κ2) is 7.58. The Morgan fingerprint density at radius 1 is 1.13 bits per heavy atom. The molecule has 2 atom stereocenters. The van der Waals surface area contributed by atoms with Crippen molar-refractivity contribution in [3.8, 4) is 5.75 Å². The summed E-state index contributed by atoms with van der Waals surface area (Å²) in [5, 5.41) is 3.36. The monoisotopic (exact) mass is 410 g/mol. The molecule has 4 aliphatic carbocycles. The van der Waals surface area contributed by atoms with Crippen LogP contribution in [-0.4, -0.2) is 31.0 Å². The normalized spacial score (nSPS) is 35.5. The first kappa shape index (κ1) is 19.9. The van der Waals surface area contributed by atoms with Crippen LogP contribution in [0.1, 0.15) is 58.8 Å². The Balaban J connectivity index is 1.22. The average molecular weight is 411 g/mol. The number of amides is 2. The lowest BCUT2D eigenvalue weighted by atomic mass is 9.48. The Morgan fingerprint density at radius 3 is 2.30 bits per heavy atom. The van der Waals surface area contributed by atoms with Gasteiger partial charge in [-0.1, -0.05) is 0 Å². The zero-order valence-electron chi connectivity index (χ0n) is 18.2. The molecular weight excluding hydrogens is 376 g/mol.